The molecule has 0 spiro atoms. The summed E-state index contributed by atoms with van der Waals surface area (Å²) in [5, 5.41) is 0. The number of aryl methyl sites for hydroxylation is 1. The van der Waals surface area contributed by atoms with E-state index in [4.69, 9.17) is 5.73 Å². The van der Waals surface area contributed by atoms with Crippen LogP contribution in [0.5, 0.6) is 0 Å². The molecule has 1 aliphatic rings. The number of hydrogen-bond donors (Lipinski definition) is 1. The summed E-state index contributed by atoms with van der Waals surface area (Å²) < 4.78 is 25.1. The van der Waals surface area contributed by atoms with Gasteiger partial charge in [0.15, 0.2) is 0 Å². The minimum Gasteiger partial charge on any atom is -0.326 e. The number of nitrogens with two attached hydrogens (primary N) is 1. The lowest BCUT2D eigenvalue weighted by atomic mass is 10.1. The van der Waals surface area contributed by atoms with Crippen molar-refractivity contribution in [2.24, 2.45) is 5.73 Å². The Bertz CT molecular complexity index is 497. The van der Waals surface area contributed by atoms with Gasteiger partial charge in [-0.3, -0.25) is 4.31 Å². The Morgan fingerprint density at radius 1 is 1.44 bits per heavy atom. The van der Waals surface area contributed by atoms with Crippen LogP contribution in [0.25, 0.3) is 0 Å². The third kappa shape index (κ3) is 1.92. The van der Waals surface area contributed by atoms with Crippen LogP contribution in [-0.2, 0) is 16.6 Å². The molecule has 0 unspecified atom stereocenters. The van der Waals surface area contributed by atoms with Crippen LogP contribution in [0.1, 0.15) is 17.5 Å². The molecule has 0 radical (unpaired) electrons. The van der Waals surface area contributed by atoms with Crippen molar-refractivity contribution in [1.82, 2.24) is 0 Å². The number of benzene rings is 1. The molecule has 16 heavy (non-hydrogen) atoms. The first-order chi connectivity index (χ1) is 7.54. The van der Waals surface area contributed by atoms with Gasteiger partial charge in [-0.2, -0.15) is 0 Å². The number of hydrogen-bond acceptors (Lipinski definition) is 3. The second-order valence-electron chi connectivity index (χ2n) is 4.07. The second-order valence-corrected chi connectivity index (χ2v) is 6.08. The summed E-state index contributed by atoms with van der Waals surface area (Å²) in [7, 11) is -3.10. The Kier molecular flexibility index (Phi) is 2.90. The van der Waals surface area contributed by atoms with Crippen molar-refractivity contribution in [1.29, 1.82) is 0 Å². The minimum absolute atomic E-state index is 0.249. The van der Waals surface area contributed by atoms with Crippen molar-refractivity contribution < 1.29 is 8.42 Å². The molecule has 1 fully saturated rings. The maximum absolute atomic E-state index is 11.8. The molecule has 0 bridgehead atoms. The SMILES string of the molecule is Cc1ccc(CN)cc1N1CCCS1(=O)=O. The van der Waals surface area contributed by atoms with E-state index >= 15 is 0 Å². The van der Waals surface area contributed by atoms with Gasteiger partial charge < -0.3 is 5.73 Å². The zero-order valence-corrected chi connectivity index (χ0v) is 10.1. The molecule has 88 valence electrons. The first-order valence-electron chi connectivity index (χ1n) is 5.34. The van der Waals surface area contributed by atoms with Gasteiger partial charge >= 0.3 is 0 Å². The standard InChI is InChI=1S/C11H16N2O2S/c1-9-3-4-10(8-12)7-11(9)13-5-2-6-16(13,14)15/h3-4,7H,2,5-6,8,12H2,1H3. The van der Waals surface area contributed by atoms with Crippen molar-refractivity contribution in [3.8, 4) is 0 Å². The monoisotopic (exact) mass is 240 g/mol. The molecule has 0 aliphatic carbocycles. The van der Waals surface area contributed by atoms with Gasteiger partial charge in [0.25, 0.3) is 0 Å². The Morgan fingerprint density at radius 2 is 2.19 bits per heavy atom. The highest BCUT2D eigenvalue weighted by Gasteiger charge is 2.29. The van der Waals surface area contributed by atoms with Crippen LogP contribution in [0.15, 0.2) is 18.2 Å². The summed E-state index contributed by atoms with van der Waals surface area (Å²) in [5.74, 6) is 0.249. The van der Waals surface area contributed by atoms with E-state index in [1.54, 1.807) is 0 Å². The number of anilines is 1. The summed E-state index contributed by atoms with van der Waals surface area (Å²) in [6, 6.07) is 5.73. The number of sulfonamides is 1. The van der Waals surface area contributed by atoms with Crippen molar-refractivity contribution in [2.75, 3.05) is 16.6 Å². The molecule has 2 rings (SSSR count). The lowest BCUT2D eigenvalue weighted by Crippen LogP contribution is -2.26. The normalized spacial score (nSPS) is 19.0. The smallest absolute Gasteiger partial charge is 0.235 e. The fourth-order valence-corrected chi connectivity index (χ4v) is 3.58. The van der Waals surface area contributed by atoms with Gasteiger partial charge in [0.1, 0.15) is 0 Å². The second kappa shape index (κ2) is 4.07. The van der Waals surface area contributed by atoms with Gasteiger partial charge in [-0.05, 0) is 30.5 Å². The maximum atomic E-state index is 11.8. The van der Waals surface area contributed by atoms with Crippen LogP contribution < -0.4 is 10.0 Å². The van der Waals surface area contributed by atoms with Crippen LogP contribution in [-0.4, -0.2) is 20.7 Å². The Balaban J connectivity index is 2.47. The van der Waals surface area contributed by atoms with Crippen molar-refractivity contribution >= 4 is 15.7 Å². The molecule has 0 aromatic heterocycles. The third-order valence-corrected chi connectivity index (χ3v) is 4.73. The van der Waals surface area contributed by atoms with E-state index in [0.717, 1.165) is 16.8 Å². The Labute approximate surface area is 96.1 Å². The lowest BCUT2D eigenvalue weighted by molar-refractivity contribution is 0.599. The Hall–Kier alpha value is -1.07. The zero-order chi connectivity index (χ0) is 11.8. The van der Waals surface area contributed by atoms with E-state index < -0.39 is 10.0 Å². The molecule has 0 saturated carbocycles. The molecule has 1 heterocycles. The fraction of sp³-hybridized carbons (Fsp3) is 0.455. The van der Waals surface area contributed by atoms with Crippen molar-refractivity contribution in [2.45, 2.75) is 19.9 Å². The van der Waals surface area contributed by atoms with E-state index in [1.165, 1.54) is 4.31 Å². The maximum Gasteiger partial charge on any atom is 0.235 e. The number of rotatable bonds is 2. The van der Waals surface area contributed by atoms with E-state index in [0.29, 0.717) is 19.5 Å². The largest absolute Gasteiger partial charge is 0.326 e. The molecule has 5 heteroatoms. The average molecular weight is 240 g/mol. The van der Waals surface area contributed by atoms with E-state index in [2.05, 4.69) is 0 Å². The van der Waals surface area contributed by atoms with Gasteiger partial charge in [0, 0.05) is 13.1 Å². The summed E-state index contributed by atoms with van der Waals surface area (Å²) in [6.45, 7) is 2.93. The molecule has 1 aliphatic heterocycles. The number of nitrogens with zero attached hydrogens (tertiary/aromatic N) is 1. The van der Waals surface area contributed by atoms with Gasteiger partial charge in [-0.15, -0.1) is 0 Å². The Morgan fingerprint density at radius 3 is 2.75 bits per heavy atom. The van der Waals surface area contributed by atoms with E-state index in [-0.39, 0.29) is 5.75 Å². The first-order valence-corrected chi connectivity index (χ1v) is 6.95. The molecule has 1 saturated heterocycles. The van der Waals surface area contributed by atoms with Crippen molar-refractivity contribution in [3.63, 3.8) is 0 Å². The van der Waals surface area contributed by atoms with Gasteiger partial charge in [-0.25, -0.2) is 8.42 Å². The first kappa shape index (κ1) is 11.4. The van der Waals surface area contributed by atoms with Crippen LogP contribution in [0.3, 0.4) is 0 Å². The van der Waals surface area contributed by atoms with Crippen LogP contribution in [0, 0.1) is 6.92 Å². The summed E-state index contributed by atoms with van der Waals surface area (Å²) >= 11 is 0. The van der Waals surface area contributed by atoms with Crippen LogP contribution in [0.4, 0.5) is 5.69 Å². The molecule has 1 aromatic rings. The molecule has 1 aromatic carbocycles. The molecule has 0 amide bonds. The molecule has 0 atom stereocenters. The topological polar surface area (TPSA) is 63.4 Å². The lowest BCUT2D eigenvalue weighted by Gasteiger charge is -2.20. The summed E-state index contributed by atoms with van der Waals surface area (Å²) in [4.78, 5) is 0. The van der Waals surface area contributed by atoms with Gasteiger partial charge in [-0.1, -0.05) is 12.1 Å². The summed E-state index contributed by atoms with van der Waals surface area (Å²) in [6.07, 6.45) is 0.703. The predicted molar refractivity (Wildman–Crippen MR) is 64.8 cm³/mol. The minimum atomic E-state index is -3.10. The highest BCUT2D eigenvalue weighted by atomic mass is 32.2. The molecule has 4 nitrogen and oxygen atoms in total. The fourth-order valence-electron chi connectivity index (χ4n) is 1.96. The average Bonchev–Trinajstić information content (AvgIpc) is 2.59. The third-order valence-electron chi connectivity index (χ3n) is 2.88. The van der Waals surface area contributed by atoms with Crippen LogP contribution >= 0.6 is 0 Å². The molecule has 2 N–H and O–H groups in total. The summed E-state index contributed by atoms with van der Waals surface area (Å²) in [5.41, 5.74) is 8.28. The predicted octanol–water partition coefficient (Wildman–Crippen LogP) is 0.994. The molecular weight excluding hydrogens is 224 g/mol. The van der Waals surface area contributed by atoms with Crippen LogP contribution in [0.2, 0.25) is 0 Å². The molecular formula is C11H16N2O2S. The zero-order valence-electron chi connectivity index (χ0n) is 9.31. The van der Waals surface area contributed by atoms with Gasteiger partial charge in [0.2, 0.25) is 10.0 Å². The van der Waals surface area contributed by atoms with Gasteiger partial charge in [0.05, 0.1) is 11.4 Å². The highest BCUT2D eigenvalue weighted by Crippen LogP contribution is 2.28. The van der Waals surface area contributed by atoms with Crippen molar-refractivity contribution in [3.05, 3.63) is 29.3 Å². The van der Waals surface area contributed by atoms with E-state index in [1.807, 2.05) is 25.1 Å². The van der Waals surface area contributed by atoms with E-state index in [9.17, 15) is 8.42 Å². The quantitative estimate of drug-likeness (QED) is 0.838. The highest BCUT2D eigenvalue weighted by molar-refractivity contribution is 7.93.